The lowest BCUT2D eigenvalue weighted by Gasteiger charge is -2.09. The first kappa shape index (κ1) is 16.5. The van der Waals surface area contributed by atoms with Crippen LogP contribution in [-0.2, 0) is 4.79 Å². The quantitative estimate of drug-likeness (QED) is 0.767. The summed E-state index contributed by atoms with van der Waals surface area (Å²) in [7, 11) is 1.47. The standard InChI is InChI=1S/C21H16NO3/c1-25-20-12-11-19(13-18(20)14-23)22-21(24)17-9-7-16(8-10-17)15-5-3-2-4-6-15/h2-13H,1H3,(H,22,24). The fraction of sp³-hybridized carbons (Fsp3) is 0.0476. The second-order valence-electron chi connectivity index (χ2n) is 5.41. The number of benzene rings is 3. The smallest absolute Gasteiger partial charge is 0.255 e. The molecule has 0 aliphatic carbocycles. The third-order valence-electron chi connectivity index (χ3n) is 3.82. The van der Waals surface area contributed by atoms with Gasteiger partial charge in [-0.05, 0) is 41.5 Å². The minimum Gasteiger partial charge on any atom is -0.496 e. The Labute approximate surface area is 146 Å². The molecule has 4 nitrogen and oxygen atoms in total. The van der Waals surface area contributed by atoms with Crippen LogP contribution in [0.25, 0.3) is 11.1 Å². The van der Waals surface area contributed by atoms with Gasteiger partial charge in [0.25, 0.3) is 5.91 Å². The summed E-state index contributed by atoms with van der Waals surface area (Å²) in [6.07, 6.45) is 1.80. The van der Waals surface area contributed by atoms with Crippen LogP contribution in [0.2, 0.25) is 0 Å². The lowest BCUT2D eigenvalue weighted by atomic mass is 10.0. The molecule has 3 rings (SSSR count). The summed E-state index contributed by atoms with van der Waals surface area (Å²) in [5, 5.41) is 2.77. The van der Waals surface area contributed by atoms with Crippen molar-refractivity contribution >= 4 is 17.9 Å². The van der Waals surface area contributed by atoms with Crippen LogP contribution in [-0.4, -0.2) is 19.3 Å². The number of ether oxygens (including phenoxy) is 1. The number of nitrogens with one attached hydrogen (secondary N) is 1. The molecule has 0 unspecified atom stereocenters. The molecule has 0 saturated heterocycles. The summed E-state index contributed by atoms with van der Waals surface area (Å²) in [6, 6.07) is 22.1. The minimum absolute atomic E-state index is 0.248. The molecule has 0 aliphatic heterocycles. The number of anilines is 1. The van der Waals surface area contributed by atoms with Gasteiger partial charge in [0.05, 0.1) is 12.7 Å². The van der Waals surface area contributed by atoms with Gasteiger partial charge in [-0.3, -0.25) is 9.59 Å². The highest BCUT2D eigenvalue weighted by molar-refractivity contribution is 6.05. The highest BCUT2D eigenvalue weighted by Crippen LogP contribution is 2.22. The fourth-order valence-electron chi connectivity index (χ4n) is 2.51. The Morgan fingerprint density at radius 2 is 1.60 bits per heavy atom. The molecule has 0 fully saturated rings. The summed E-state index contributed by atoms with van der Waals surface area (Å²) >= 11 is 0. The van der Waals surface area contributed by atoms with Gasteiger partial charge in [-0.2, -0.15) is 0 Å². The summed E-state index contributed by atoms with van der Waals surface area (Å²) in [5.41, 5.74) is 3.44. The fourth-order valence-corrected chi connectivity index (χ4v) is 2.51. The predicted molar refractivity (Wildman–Crippen MR) is 97.6 cm³/mol. The molecule has 123 valence electrons. The van der Waals surface area contributed by atoms with Gasteiger partial charge >= 0.3 is 0 Å². The Balaban J connectivity index is 1.76. The van der Waals surface area contributed by atoms with Gasteiger partial charge in [-0.1, -0.05) is 42.5 Å². The average Bonchev–Trinajstić information content (AvgIpc) is 2.68. The van der Waals surface area contributed by atoms with Crippen molar-refractivity contribution in [1.29, 1.82) is 0 Å². The molecule has 25 heavy (non-hydrogen) atoms. The van der Waals surface area contributed by atoms with Gasteiger partial charge in [0.15, 0.2) is 0 Å². The van der Waals surface area contributed by atoms with E-state index in [1.165, 1.54) is 13.2 Å². The molecule has 3 aromatic rings. The molecular weight excluding hydrogens is 314 g/mol. The van der Waals surface area contributed by atoms with Crippen molar-refractivity contribution < 1.29 is 14.3 Å². The van der Waals surface area contributed by atoms with Gasteiger partial charge in [0.1, 0.15) is 5.75 Å². The molecule has 1 amide bonds. The largest absolute Gasteiger partial charge is 0.496 e. The zero-order valence-electron chi connectivity index (χ0n) is 13.7. The highest BCUT2D eigenvalue weighted by Gasteiger charge is 2.09. The number of carbonyl (C=O) groups is 1. The van der Waals surface area contributed by atoms with Crippen molar-refractivity contribution in [1.82, 2.24) is 0 Å². The van der Waals surface area contributed by atoms with E-state index >= 15 is 0 Å². The Hall–Kier alpha value is -3.40. The second kappa shape index (κ2) is 7.45. The van der Waals surface area contributed by atoms with Crippen LogP contribution in [0.4, 0.5) is 5.69 Å². The van der Waals surface area contributed by atoms with Crippen molar-refractivity contribution in [3.63, 3.8) is 0 Å². The molecule has 0 bridgehead atoms. The Bertz CT molecular complexity index is 887. The normalized spacial score (nSPS) is 10.1. The van der Waals surface area contributed by atoms with E-state index in [9.17, 15) is 9.59 Å². The van der Waals surface area contributed by atoms with Crippen molar-refractivity contribution in [3.05, 3.63) is 83.9 Å². The monoisotopic (exact) mass is 330 g/mol. The molecular formula is C21H16NO3. The van der Waals surface area contributed by atoms with Gasteiger partial charge in [0.2, 0.25) is 6.29 Å². The van der Waals surface area contributed by atoms with Crippen LogP contribution >= 0.6 is 0 Å². The summed E-state index contributed by atoms with van der Waals surface area (Å²) in [6.45, 7) is 0. The van der Waals surface area contributed by atoms with Crippen molar-refractivity contribution in [2.75, 3.05) is 12.4 Å². The van der Waals surface area contributed by atoms with Crippen LogP contribution in [0.1, 0.15) is 15.9 Å². The summed E-state index contributed by atoms with van der Waals surface area (Å²) in [4.78, 5) is 23.3. The zero-order valence-corrected chi connectivity index (χ0v) is 13.7. The Morgan fingerprint density at radius 3 is 2.24 bits per heavy atom. The molecule has 4 heteroatoms. The maximum Gasteiger partial charge on any atom is 0.255 e. The summed E-state index contributed by atoms with van der Waals surface area (Å²) in [5.74, 6) is 0.168. The predicted octanol–water partition coefficient (Wildman–Crippen LogP) is 4.07. The topological polar surface area (TPSA) is 55.4 Å². The van der Waals surface area contributed by atoms with Crippen LogP contribution in [0.15, 0.2) is 72.8 Å². The van der Waals surface area contributed by atoms with Crippen molar-refractivity contribution in [2.45, 2.75) is 0 Å². The lowest BCUT2D eigenvalue weighted by Crippen LogP contribution is -2.12. The van der Waals surface area contributed by atoms with Gasteiger partial charge in [-0.15, -0.1) is 0 Å². The van der Waals surface area contributed by atoms with Crippen molar-refractivity contribution in [2.24, 2.45) is 0 Å². The average molecular weight is 330 g/mol. The van der Waals surface area contributed by atoms with Crippen molar-refractivity contribution in [3.8, 4) is 16.9 Å². The molecule has 0 heterocycles. The van der Waals surface area contributed by atoms with E-state index in [1.807, 2.05) is 42.5 Å². The van der Waals surface area contributed by atoms with E-state index < -0.39 is 0 Å². The van der Waals surface area contributed by atoms with Gasteiger partial charge in [0, 0.05) is 11.3 Å². The number of carbonyl (C=O) groups excluding carboxylic acids is 2. The SMILES string of the molecule is COc1ccc(NC(=O)c2ccc(-c3ccccc3)cc2)cc1[C]=O. The van der Waals surface area contributed by atoms with E-state index in [-0.39, 0.29) is 11.5 Å². The third kappa shape index (κ3) is 3.75. The first-order chi connectivity index (χ1) is 12.2. The minimum atomic E-state index is -0.248. The molecule has 0 saturated carbocycles. The molecule has 1 radical (unpaired) electrons. The molecule has 0 atom stereocenters. The maximum absolute atomic E-state index is 12.4. The second-order valence-corrected chi connectivity index (χ2v) is 5.41. The number of hydrogen-bond acceptors (Lipinski definition) is 3. The van der Waals surface area contributed by atoms with E-state index in [4.69, 9.17) is 4.74 Å². The molecule has 0 aromatic heterocycles. The van der Waals surface area contributed by atoms with Crippen LogP contribution < -0.4 is 10.1 Å². The van der Waals surface area contributed by atoms with E-state index in [0.29, 0.717) is 17.0 Å². The molecule has 3 aromatic carbocycles. The number of methoxy groups -OCH3 is 1. The van der Waals surface area contributed by atoms with E-state index in [2.05, 4.69) is 5.32 Å². The Morgan fingerprint density at radius 1 is 0.920 bits per heavy atom. The zero-order chi connectivity index (χ0) is 17.6. The third-order valence-corrected chi connectivity index (χ3v) is 3.82. The number of hydrogen-bond donors (Lipinski definition) is 1. The van der Waals surface area contributed by atoms with Gasteiger partial charge in [-0.25, -0.2) is 0 Å². The van der Waals surface area contributed by atoms with Crippen LogP contribution in [0.5, 0.6) is 5.75 Å². The maximum atomic E-state index is 12.4. The van der Waals surface area contributed by atoms with Crippen LogP contribution in [0.3, 0.4) is 0 Å². The summed E-state index contributed by atoms with van der Waals surface area (Å²) < 4.78 is 5.06. The number of rotatable bonds is 5. The molecule has 0 aliphatic rings. The molecule has 0 spiro atoms. The first-order valence-electron chi connectivity index (χ1n) is 7.74. The van der Waals surface area contributed by atoms with Crippen LogP contribution in [0, 0.1) is 0 Å². The number of amides is 1. The molecule has 1 N–H and O–H groups in total. The van der Waals surface area contributed by atoms with E-state index in [1.54, 1.807) is 30.6 Å². The van der Waals surface area contributed by atoms with E-state index in [0.717, 1.165) is 11.1 Å². The highest BCUT2D eigenvalue weighted by atomic mass is 16.5. The lowest BCUT2D eigenvalue weighted by molar-refractivity contribution is 0.102. The van der Waals surface area contributed by atoms with Gasteiger partial charge < -0.3 is 10.1 Å². The first-order valence-corrected chi connectivity index (χ1v) is 7.74. The Kier molecular flexibility index (Phi) is 4.90.